The second kappa shape index (κ2) is 11.0. The van der Waals surface area contributed by atoms with Crippen molar-refractivity contribution in [2.24, 2.45) is 0 Å². The van der Waals surface area contributed by atoms with Crippen LogP contribution in [0.5, 0.6) is 0 Å². The van der Waals surface area contributed by atoms with Crippen molar-refractivity contribution < 1.29 is 9.53 Å². The standard InChI is InChI=1S/C33H34IN2O3P/c1-33(2,3)39-32(38)36-30-23-14-13-22-29(30)35(31(36)37)24-15-25-40(34,26-16-7-4-8-17-26,27-18-9-5-10-19-27)28-20-11-6-12-21-28/h4-14,16-23H,15,24-25H2,1-3H3. The molecular formula is C33H34IN2O3P. The fraction of sp³-hybridized carbons (Fsp3) is 0.212. The van der Waals surface area contributed by atoms with Gasteiger partial charge in [-0.15, -0.1) is 0 Å². The van der Waals surface area contributed by atoms with Crippen LogP contribution in [0.15, 0.2) is 120 Å². The van der Waals surface area contributed by atoms with E-state index in [4.69, 9.17) is 4.74 Å². The van der Waals surface area contributed by atoms with Gasteiger partial charge in [-0.3, -0.25) is 0 Å². The van der Waals surface area contributed by atoms with Crippen molar-refractivity contribution >= 4 is 59.3 Å². The van der Waals surface area contributed by atoms with Gasteiger partial charge >= 0.3 is 249 Å². The van der Waals surface area contributed by atoms with Crippen molar-refractivity contribution in [1.29, 1.82) is 0 Å². The van der Waals surface area contributed by atoms with E-state index in [1.165, 1.54) is 15.9 Å². The van der Waals surface area contributed by atoms with Gasteiger partial charge in [-0.05, 0) is 0 Å². The first-order chi connectivity index (χ1) is 19.1. The number of benzene rings is 4. The van der Waals surface area contributed by atoms with Crippen LogP contribution in [-0.2, 0) is 11.3 Å². The molecule has 0 bridgehead atoms. The minimum atomic E-state index is -2.97. The van der Waals surface area contributed by atoms with E-state index in [2.05, 4.69) is 113 Å². The van der Waals surface area contributed by atoms with Crippen molar-refractivity contribution in [3.8, 4) is 0 Å². The second-order valence-corrected chi connectivity index (χ2v) is 21.8. The summed E-state index contributed by atoms with van der Waals surface area (Å²) in [6.45, 7) is 5.88. The molecule has 5 aromatic rings. The summed E-state index contributed by atoms with van der Waals surface area (Å²) in [4.78, 5) is 26.8. The Labute approximate surface area is 248 Å². The number of carbonyl (C=O) groups excluding carboxylic acids is 1. The second-order valence-electron chi connectivity index (χ2n) is 11.0. The fourth-order valence-corrected chi connectivity index (χ4v) is 14.2. The van der Waals surface area contributed by atoms with Crippen LogP contribution in [0.1, 0.15) is 27.2 Å². The predicted octanol–water partition coefficient (Wildman–Crippen LogP) is 6.86. The third-order valence-corrected chi connectivity index (χ3v) is 19.0. The molecule has 4 aromatic carbocycles. The van der Waals surface area contributed by atoms with E-state index < -0.39 is 15.9 Å². The van der Waals surface area contributed by atoms with E-state index in [1.54, 1.807) is 31.4 Å². The maximum absolute atomic E-state index is 13.7. The number of hydrogen-bond acceptors (Lipinski definition) is 3. The molecule has 5 rings (SSSR count). The summed E-state index contributed by atoms with van der Waals surface area (Å²) >= 11 is 2.77. The molecule has 0 amide bonds. The van der Waals surface area contributed by atoms with Gasteiger partial charge in [0.15, 0.2) is 0 Å². The Balaban J connectivity index is 1.61. The van der Waals surface area contributed by atoms with Crippen LogP contribution in [0.3, 0.4) is 0 Å². The number of ether oxygens (including phenoxy) is 1. The molecule has 0 aliphatic rings. The summed E-state index contributed by atoms with van der Waals surface area (Å²) < 4.78 is 5.50. The molecule has 0 unspecified atom stereocenters. The first kappa shape index (κ1) is 28.3. The molecular weight excluding hydrogens is 630 g/mol. The zero-order valence-electron chi connectivity index (χ0n) is 23.0. The molecule has 0 radical (unpaired) electrons. The van der Waals surface area contributed by atoms with Gasteiger partial charge < -0.3 is 0 Å². The summed E-state index contributed by atoms with van der Waals surface area (Å²) in [5, 5.41) is 3.90. The van der Waals surface area contributed by atoms with Gasteiger partial charge in [0.05, 0.1) is 0 Å². The summed E-state index contributed by atoms with van der Waals surface area (Å²) in [5.74, 6) is 0. The van der Waals surface area contributed by atoms with Crippen molar-refractivity contribution in [3.05, 3.63) is 126 Å². The van der Waals surface area contributed by atoms with Crippen molar-refractivity contribution in [1.82, 2.24) is 9.13 Å². The molecule has 0 aliphatic carbocycles. The average molecular weight is 665 g/mol. The van der Waals surface area contributed by atoms with Crippen LogP contribution in [0.2, 0.25) is 0 Å². The molecule has 0 N–H and O–H groups in total. The number of imidazole rings is 1. The Morgan fingerprint density at radius 1 is 0.725 bits per heavy atom. The van der Waals surface area contributed by atoms with E-state index in [1.807, 2.05) is 18.2 Å². The van der Waals surface area contributed by atoms with Gasteiger partial charge in [-0.2, -0.15) is 0 Å². The van der Waals surface area contributed by atoms with Crippen LogP contribution in [0.25, 0.3) is 11.0 Å². The van der Waals surface area contributed by atoms with Crippen molar-refractivity contribution in [3.63, 3.8) is 0 Å². The van der Waals surface area contributed by atoms with Gasteiger partial charge in [-0.1, -0.05) is 0 Å². The summed E-state index contributed by atoms with van der Waals surface area (Å²) in [6, 6.07) is 39.7. The molecule has 7 heteroatoms. The van der Waals surface area contributed by atoms with Crippen LogP contribution in [0, 0.1) is 0 Å². The van der Waals surface area contributed by atoms with Gasteiger partial charge in [0.25, 0.3) is 0 Å². The Bertz CT molecular complexity index is 1590. The molecule has 0 spiro atoms. The number of aromatic nitrogens is 2. The summed E-state index contributed by atoms with van der Waals surface area (Å²) in [5.41, 5.74) is 0.205. The van der Waals surface area contributed by atoms with Crippen LogP contribution >= 0.6 is 26.3 Å². The summed E-state index contributed by atoms with van der Waals surface area (Å²) in [7, 11) is 0. The van der Waals surface area contributed by atoms with E-state index in [-0.39, 0.29) is 5.69 Å². The SMILES string of the molecule is CC(C)(C)OC(=O)n1c(=O)n(CCCP(I)(c2ccccc2)(c2ccccc2)c2ccccc2)c2ccccc21. The molecule has 1 heterocycles. The van der Waals surface area contributed by atoms with E-state index in [0.29, 0.717) is 12.1 Å². The Kier molecular flexibility index (Phi) is 7.77. The van der Waals surface area contributed by atoms with E-state index >= 15 is 0 Å². The van der Waals surface area contributed by atoms with Crippen molar-refractivity contribution in [2.45, 2.75) is 39.3 Å². The third kappa shape index (κ3) is 5.04. The number of nitrogens with zero attached hydrogens (tertiary/aromatic N) is 2. The predicted molar refractivity (Wildman–Crippen MR) is 176 cm³/mol. The van der Waals surface area contributed by atoms with E-state index in [9.17, 15) is 9.59 Å². The fourth-order valence-electron chi connectivity index (χ4n) is 5.49. The van der Waals surface area contributed by atoms with Gasteiger partial charge in [0.2, 0.25) is 0 Å². The number of para-hydroxylation sites is 2. The molecule has 40 heavy (non-hydrogen) atoms. The van der Waals surface area contributed by atoms with Gasteiger partial charge in [0, 0.05) is 0 Å². The maximum atomic E-state index is 13.7. The minimum absolute atomic E-state index is 0.372. The van der Waals surface area contributed by atoms with Crippen LogP contribution in [-0.4, -0.2) is 27.0 Å². The van der Waals surface area contributed by atoms with E-state index in [0.717, 1.165) is 22.7 Å². The quantitative estimate of drug-likeness (QED) is 0.141. The first-order valence-corrected chi connectivity index (χ1v) is 18.7. The number of rotatable bonds is 7. The van der Waals surface area contributed by atoms with Crippen LogP contribution in [0.4, 0.5) is 4.79 Å². The molecule has 0 fully saturated rings. The molecule has 0 saturated heterocycles. The molecule has 206 valence electrons. The molecule has 1 aromatic heterocycles. The zero-order chi connectivity index (χ0) is 28.4. The molecule has 5 nitrogen and oxygen atoms in total. The first-order valence-electron chi connectivity index (χ1n) is 13.5. The molecule has 0 saturated carbocycles. The number of hydrogen-bond donors (Lipinski definition) is 0. The molecule has 0 aliphatic heterocycles. The molecule has 0 atom stereocenters. The van der Waals surface area contributed by atoms with Gasteiger partial charge in [0.1, 0.15) is 0 Å². The van der Waals surface area contributed by atoms with Gasteiger partial charge in [-0.25, -0.2) is 0 Å². The van der Waals surface area contributed by atoms with Crippen LogP contribution < -0.4 is 21.6 Å². The number of carbonyl (C=O) groups is 1. The number of fused-ring (bicyclic) bond motifs is 1. The summed E-state index contributed by atoms with van der Waals surface area (Å²) in [6.07, 6.45) is 0.934. The normalized spacial score (nSPS) is 13.1. The monoisotopic (exact) mass is 664 g/mol. The Hall–Kier alpha value is -3.22. The topological polar surface area (TPSA) is 53.2 Å². The average Bonchev–Trinajstić information content (AvgIpc) is 3.24. The number of halogens is 1. The third-order valence-electron chi connectivity index (χ3n) is 7.26. The Morgan fingerprint density at radius 2 is 1.15 bits per heavy atom. The Morgan fingerprint density at radius 3 is 1.60 bits per heavy atom. The number of aryl methyl sites for hydroxylation is 1. The zero-order valence-corrected chi connectivity index (χ0v) is 26.1. The van der Waals surface area contributed by atoms with Crippen molar-refractivity contribution in [2.75, 3.05) is 6.16 Å².